The van der Waals surface area contributed by atoms with Gasteiger partial charge in [-0.2, -0.15) is 0 Å². The van der Waals surface area contributed by atoms with Gasteiger partial charge < -0.3 is 19.7 Å². The van der Waals surface area contributed by atoms with Crippen molar-refractivity contribution in [2.24, 2.45) is 0 Å². The third-order valence-electron chi connectivity index (χ3n) is 3.80. The summed E-state index contributed by atoms with van der Waals surface area (Å²) in [5.41, 5.74) is -0.503. The van der Waals surface area contributed by atoms with E-state index in [1.54, 1.807) is 4.90 Å². The third kappa shape index (κ3) is 3.39. The number of amides is 1. The molecule has 19 heavy (non-hydrogen) atoms. The highest BCUT2D eigenvalue weighted by Crippen LogP contribution is 2.34. The molecule has 110 valence electrons. The summed E-state index contributed by atoms with van der Waals surface area (Å²) >= 11 is 0. The SMILES string of the molecule is CCN(C(=O)OC(C)(C)C)[C@@H]1CO[C@]2(CCNC2)C1. The lowest BCUT2D eigenvalue weighted by Gasteiger charge is -2.30. The van der Waals surface area contributed by atoms with Crippen LogP contribution in [0.1, 0.15) is 40.5 Å². The quantitative estimate of drug-likeness (QED) is 0.831. The van der Waals surface area contributed by atoms with Crippen molar-refractivity contribution in [3.63, 3.8) is 0 Å². The van der Waals surface area contributed by atoms with E-state index in [0.29, 0.717) is 13.2 Å². The van der Waals surface area contributed by atoms with Gasteiger partial charge >= 0.3 is 6.09 Å². The summed E-state index contributed by atoms with van der Waals surface area (Å²) in [7, 11) is 0. The summed E-state index contributed by atoms with van der Waals surface area (Å²) in [6, 6.07) is 0.139. The van der Waals surface area contributed by atoms with Crippen LogP contribution >= 0.6 is 0 Å². The second-order valence-corrected chi connectivity index (χ2v) is 6.55. The standard InChI is InChI=1S/C14H26N2O3/c1-5-16(12(17)19-13(2,3)4)11-8-14(18-9-11)6-7-15-10-14/h11,15H,5-10H2,1-4H3/t11-,14+/m0/s1. The highest BCUT2D eigenvalue weighted by atomic mass is 16.6. The maximum absolute atomic E-state index is 12.2. The van der Waals surface area contributed by atoms with Gasteiger partial charge in [0.25, 0.3) is 0 Å². The van der Waals surface area contributed by atoms with E-state index in [9.17, 15) is 4.79 Å². The number of hydrogen-bond acceptors (Lipinski definition) is 4. The molecule has 1 N–H and O–H groups in total. The van der Waals surface area contributed by atoms with Crippen LogP contribution in [0.15, 0.2) is 0 Å². The zero-order valence-electron chi connectivity index (χ0n) is 12.5. The lowest BCUT2D eigenvalue weighted by Crippen LogP contribution is -2.44. The summed E-state index contributed by atoms with van der Waals surface area (Å²) in [5.74, 6) is 0. The Morgan fingerprint density at radius 2 is 2.26 bits per heavy atom. The van der Waals surface area contributed by atoms with Crippen LogP contribution < -0.4 is 5.32 Å². The van der Waals surface area contributed by atoms with Crippen LogP contribution in [0, 0.1) is 0 Å². The van der Waals surface area contributed by atoms with Crippen molar-refractivity contribution in [2.45, 2.75) is 57.8 Å². The van der Waals surface area contributed by atoms with Gasteiger partial charge in [-0.05, 0) is 40.7 Å². The van der Waals surface area contributed by atoms with Crippen LogP contribution in [0.3, 0.4) is 0 Å². The number of likely N-dealkylation sites (N-methyl/N-ethyl adjacent to an activating group) is 1. The van der Waals surface area contributed by atoms with E-state index in [-0.39, 0.29) is 17.7 Å². The molecule has 2 heterocycles. The minimum Gasteiger partial charge on any atom is -0.444 e. The van der Waals surface area contributed by atoms with E-state index in [4.69, 9.17) is 9.47 Å². The van der Waals surface area contributed by atoms with Gasteiger partial charge in [0, 0.05) is 19.5 Å². The molecule has 2 rings (SSSR count). The Hall–Kier alpha value is -0.810. The highest BCUT2D eigenvalue weighted by Gasteiger charge is 2.45. The van der Waals surface area contributed by atoms with E-state index in [1.165, 1.54) is 0 Å². The summed E-state index contributed by atoms with van der Waals surface area (Å²) < 4.78 is 11.4. The highest BCUT2D eigenvalue weighted by molar-refractivity contribution is 5.68. The monoisotopic (exact) mass is 270 g/mol. The maximum Gasteiger partial charge on any atom is 0.410 e. The van der Waals surface area contributed by atoms with Gasteiger partial charge in [-0.1, -0.05) is 0 Å². The molecule has 2 aliphatic heterocycles. The van der Waals surface area contributed by atoms with Gasteiger partial charge in [-0.15, -0.1) is 0 Å². The normalized spacial score (nSPS) is 30.8. The summed E-state index contributed by atoms with van der Waals surface area (Å²) in [4.78, 5) is 14.0. The molecule has 0 unspecified atom stereocenters. The van der Waals surface area contributed by atoms with Crippen LogP contribution in [0.2, 0.25) is 0 Å². The third-order valence-corrected chi connectivity index (χ3v) is 3.80. The van der Waals surface area contributed by atoms with Gasteiger partial charge in [0.05, 0.1) is 18.2 Å². The fourth-order valence-corrected chi connectivity index (χ4v) is 2.90. The number of rotatable bonds is 2. The van der Waals surface area contributed by atoms with Crippen molar-refractivity contribution < 1.29 is 14.3 Å². The first-order valence-corrected chi connectivity index (χ1v) is 7.19. The van der Waals surface area contributed by atoms with Gasteiger partial charge in [-0.3, -0.25) is 0 Å². The number of carbonyl (C=O) groups is 1. The molecule has 0 saturated carbocycles. The molecule has 0 aromatic carbocycles. The molecular formula is C14H26N2O3. The van der Waals surface area contributed by atoms with Crippen molar-refractivity contribution in [3.8, 4) is 0 Å². The van der Waals surface area contributed by atoms with Gasteiger partial charge in [-0.25, -0.2) is 4.79 Å². The second-order valence-electron chi connectivity index (χ2n) is 6.55. The van der Waals surface area contributed by atoms with E-state index < -0.39 is 5.60 Å². The molecule has 0 aromatic rings. The Morgan fingerprint density at radius 3 is 2.79 bits per heavy atom. The molecule has 2 saturated heterocycles. The Kier molecular flexibility index (Phi) is 4.06. The molecule has 1 spiro atoms. The summed E-state index contributed by atoms with van der Waals surface area (Å²) in [6.45, 7) is 10.9. The lowest BCUT2D eigenvalue weighted by molar-refractivity contribution is 0.00879. The van der Waals surface area contributed by atoms with Crippen molar-refractivity contribution >= 4 is 6.09 Å². The van der Waals surface area contributed by atoms with Crippen LogP contribution in [-0.2, 0) is 9.47 Å². The Balaban J connectivity index is 1.97. The van der Waals surface area contributed by atoms with Gasteiger partial charge in [0.1, 0.15) is 5.60 Å². The average Bonchev–Trinajstić information content (AvgIpc) is 2.89. The Labute approximate surface area is 115 Å². The number of carbonyl (C=O) groups excluding carboxylic acids is 1. The van der Waals surface area contributed by atoms with E-state index in [2.05, 4.69) is 5.32 Å². The first-order chi connectivity index (χ1) is 8.85. The molecule has 5 heteroatoms. The predicted octanol–water partition coefficient (Wildman–Crippen LogP) is 1.76. The Morgan fingerprint density at radius 1 is 1.53 bits per heavy atom. The smallest absolute Gasteiger partial charge is 0.410 e. The molecule has 2 fully saturated rings. The minimum atomic E-state index is -0.448. The molecule has 0 bridgehead atoms. The molecule has 0 aliphatic carbocycles. The topological polar surface area (TPSA) is 50.8 Å². The van der Waals surface area contributed by atoms with Crippen LogP contribution in [0.25, 0.3) is 0 Å². The van der Waals surface area contributed by atoms with Crippen LogP contribution in [0.4, 0.5) is 4.79 Å². The van der Waals surface area contributed by atoms with Crippen molar-refractivity contribution in [1.82, 2.24) is 10.2 Å². The molecule has 0 radical (unpaired) electrons. The molecule has 1 amide bonds. The first-order valence-electron chi connectivity index (χ1n) is 7.19. The Bertz CT molecular complexity index is 332. The molecular weight excluding hydrogens is 244 g/mol. The van der Waals surface area contributed by atoms with E-state index in [1.807, 2.05) is 27.7 Å². The van der Waals surface area contributed by atoms with E-state index >= 15 is 0 Å². The zero-order chi connectivity index (χ0) is 14.1. The van der Waals surface area contributed by atoms with Crippen molar-refractivity contribution in [2.75, 3.05) is 26.2 Å². The predicted molar refractivity (Wildman–Crippen MR) is 73.2 cm³/mol. The van der Waals surface area contributed by atoms with Crippen LogP contribution in [-0.4, -0.2) is 54.5 Å². The molecule has 2 aliphatic rings. The van der Waals surface area contributed by atoms with E-state index in [0.717, 1.165) is 25.9 Å². The lowest BCUT2D eigenvalue weighted by atomic mass is 9.96. The number of nitrogens with one attached hydrogen (secondary N) is 1. The summed E-state index contributed by atoms with van der Waals surface area (Å²) in [6.07, 6.45) is 1.72. The largest absolute Gasteiger partial charge is 0.444 e. The van der Waals surface area contributed by atoms with Crippen LogP contribution in [0.5, 0.6) is 0 Å². The second kappa shape index (κ2) is 5.29. The van der Waals surface area contributed by atoms with Gasteiger partial charge in [0.2, 0.25) is 0 Å². The first kappa shape index (κ1) is 14.6. The fraction of sp³-hybridized carbons (Fsp3) is 0.929. The molecule has 2 atom stereocenters. The molecule has 0 aromatic heterocycles. The zero-order valence-corrected chi connectivity index (χ0v) is 12.5. The average molecular weight is 270 g/mol. The van der Waals surface area contributed by atoms with Crippen molar-refractivity contribution in [3.05, 3.63) is 0 Å². The maximum atomic E-state index is 12.2. The minimum absolute atomic E-state index is 0.0555. The van der Waals surface area contributed by atoms with Crippen molar-refractivity contribution in [1.29, 1.82) is 0 Å². The van der Waals surface area contributed by atoms with Gasteiger partial charge in [0.15, 0.2) is 0 Å². The summed E-state index contributed by atoms with van der Waals surface area (Å²) in [5, 5.41) is 3.34. The fourth-order valence-electron chi connectivity index (χ4n) is 2.90. The molecule has 5 nitrogen and oxygen atoms in total. The number of ether oxygens (including phenoxy) is 2. The number of hydrogen-bond donors (Lipinski definition) is 1. The number of nitrogens with zero attached hydrogens (tertiary/aromatic N) is 1.